The molecule has 0 spiro atoms. The van der Waals surface area contributed by atoms with Crippen molar-refractivity contribution in [1.29, 1.82) is 0 Å². The molecule has 5 nitrogen and oxygen atoms in total. The first-order chi connectivity index (χ1) is 12.4. The van der Waals surface area contributed by atoms with Crippen LogP contribution < -0.4 is 10.2 Å². The lowest BCUT2D eigenvalue weighted by Crippen LogP contribution is -2.52. The molecule has 0 saturated heterocycles. The van der Waals surface area contributed by atoms with E-state index in [0.717, 1.165) is 4.90 Å². The number of nitrogens with one attached hydrogen (secondary N) is 1. The van der Waals surface area contributed by atoms with Crippen LogP contribution in [0.4, 0.5) is 37.7 Å². The molecule has 0 aromatic heterocycles. The summed E-state index contributed by atoms with van der Waals surface area (Å²) in [6, 6.07) is 3.06. The number of benzene rings is 1. The molecule has 1 heterocycles. The minimum absolute atomic E-state index is 0.0283. The smallest absolute Gasteiger partial charge is 0.324 e. The number of carbonyl (C=O) groups is 2. The summed E-state index contributed by atoms with van der Waals surface area (Å²) < 4.78 is 77.4. The number of alkyl halides is 6. The van der Waals surface area contributed by atoms with Gasteiger partial charge in [0.15, 0.2) is 0 Å². The van der Waals surface area contributed by atoms with Crippen LogP contribution in [0.15, 0.2) is 24.3 Å². The van der Waals surface area contributed by atoms with Crippen LogP contribution in [0.2, 0.25) is 0 Å². The lowest BCUT2D eigenvalue weighted by molar-refractivity contribution is -0.158. The predicted molar refractivity (Wildman–Crippen MR) is 85.2 cm³/mol. The number of carbonyl (C=O) groups excluding carboxylic acids is 2. The van der Waals surface area contributed by atoms with E-state index >= 15 is 0 Å². The third-order valence-corrected chi connectivity index (χ3v) is 3.96. The van der Waals surface area contributed by atoms with Gasteiger partial charge in [0.1, 0.15) is 6.04 Å². The highest BCUT2D eigenvalue weighted by molar-refractivity contribution is 6.05. The van der Waals surface area contributed by atoms with Gasteiger partial charge in [-0.15, -0.1) is 0 Å². The molecule has 1 aromatic rings. The van der Waals surface area contributed by atoms with Crippen LogP contribution >= 0.6 is 0 Å². The number of para-hydroxylation sites is 2. The van der Waals surface area contributed by atoms with E-state index in [4.69, 9.17) is 0 Å². The van der Waals surface area contributed by atoms with Crippen molar-refractivity contribution in [2.75, 3.05) is 30.4 Å². The van der Waals surface area contributed by atoms with E-state index in [1.807, 2.05) is 0 Å². The molecule has 0 saturated carbocycles. The number of nitrogens with zero attached hydrogens (tertiary/aromatic N) is 2. The number of likely N-dealkylation sites (N-methyl/N-ethyl adjacent to an activating group) is 1. The molecule has 1 N–H and O–H groups in total. The number of anilines is 2. The van der Waals surface area contributed by atoms with Gasteiger partial charge in [0.2, 0.25) is 11.8 Å². The fourth-order valence-electron chi connectivity index (χ4n) is 2.70. The number of halogens is 6. The highest BCUT2D eigenvalue weighted by Crippen LogP contribution is 2.37. The van der Waals surface area contributed by atoms with E-state index in [1.165, 1.54) is 31.3 Å². The van der Waals surface area contributed by atoms with Crippen LogP contribution in [0.3, 0.4) is 0 Å². The van der Waals surface area contributed by atoms with Gasteiger partial charge in [-0.2, -0.15) is 26.3 Å². The summed E-state index contributed by atoms with van der Waals surface area (Å²) in [5.74, 6) is -1.96. The maximum Gasteiger partial charge on any atom is 0.409 e. The number of hydrogen-bond donors (Lipinski definition) is 1. The van der Waals surface area contributed by atoms with Crippen LogP contribution in [0, 0.1) is 0 Å². The van der Waals surface area contributed by atoms with Crippen molar-refractivity contribution in [3.63, 3.8) is 0 Å². The fourth-order valence-corrected chi connectivity index (χ4v) is 2.70. The summed E-state index contributed by atoms with van der Waals surface area (Å²) in [5, 5.41) is 2.31. The Morgan fingerprint density at radius 3 is 2.44 bits per heavy atom. The summed E-state index contributed by atoms with van der Waals surface area (Å²) in [6.07, 6.45) is -11.5. The van der Waals surface area contributed by atoms with Crippen LogP contribution in [0.5, 0.6) is 0 Å². The molecule has 1 atom stereocenters. The van der Waals surface area contributed by atoms with Gasteiger partial charge >= 0.3 is 12.4 Å². The lowest BCUT2D eigenvalue weighted by atomic mass is 10.1. The number of fused-ring (bicyclic) bond motifs is 1. The van der Waals surface area contributed by atoms with E-state index in [2.05, 4.69) is 5.32 Å². The molecule has 0 aliphatic carbocycles. The quantitative estimate of drug-likeness (QED) is 0.795. The summed E-state index contributed by atoms with van der Waals surface area (Å²) >= 11 is 0. The molecule has 1 aliphatic rings. The third-order valence-electron chi connectivity index (χ3n) is 3.96. The second-order valence-corrected chi connectivity index (χ2v) is 6.19. The molecular formula is C16H17F6N3O2. The lowest BCUT2D eigenvalue weighted by Gasteiger charge is -2.33. The van der Waals surface area contributed by atoms with Gasteiger partial charge in [-0.1, -0.05) is 12.1 Å². The minimum Gasteiger partial charge on any atom is -0.324 e. The molecular weight excluding hydrogens is 380 g/mol. The summed E-state index contributed by atoms with van der Waals surface area (Å²) in [6.45, 7) is -1.20. The number of hydrogen-bond acceptors (Lipinski definition) is 3. The molecule has 0 radical (unpaired) electrons. The first-order valence-electron chi connectivity index (χ1n) is 7.91. The van der Waals surface area contributed by atoms with Gasteiger partial charge in [-0.05, 0) is 19.2 Å². The Morgan fingerprint density at radius 1 is 1.22 bits per heavy atom. The van der Waals surface area contributed by atoms with Gasteiger partial charge in [-0.3, -0.25) is 19.4 Å². The van der Waals surface area contributed by atoms with Crippen molar-refractivity contribution in [1.82, 2.24) is 4.90 Å². The molecule has 11 heteroatoms. The fraction of sp³-hybridized carbons (Fsp3) is 0.500. The summed E-state index contributed by atoms with van der Waals surface area (Å²) in [5.41, 5.74) is -0.125. The topological polar surface area (TPSA) is 52.7 Å². The summed E-state index contributed by atoms with van der Waals surface area (Å²) in [4.78, 5) is 25.8. The van der Waals surface area contributed by atoms with Gasteiger partial charge < -0.3 is 5.32 Å². The predicted octanol–water partition coefficient (Wildman–Crippen LogP) is 3.18. The Hall–Kier alpha value is -2.30. The Balaban J connectivity index is 2.31. The van der Waals surface area contributed by atoms with Crippen molar-refractivity contribution < 1.29 is 35.9 Å². The van der Waals surface area contributed by atoms with Crippen molar-refractivity contribution in [3.05, 3.63) is 24.3 Å². The largest absolute Gasteiger partial charge is 0.409 e. The maximum atomic E-state index is 13.5. The first-order valence-corrected chi connectivity index (χ1v) is 7.91. The Morgan fingerprint density at radius 2 is 1.85 bits per heavy atom. The highest BCUT2D eigenvalue weighted by atomic mass is 19.4. The molecule has 0 fully saturated rings. The Labute approximate surface area is 150 Å². The Kier molecular flexibility index (Phi) is 6.03. The molecule has 1 aliphatic heterocycles. The molecule has 1 aromatic carbocycles. The van der Waals surface area contributed by atoms with Gasteiger partial charge in [0, 0.05) is 6.54 Å². The minimum atomic E-state index is -4.89. The van der Waals surface area contributed by atoms with Crippen LogP contribution in [0.25, 0.3) is 0 Å². The van der Waals surface area contributed by atoms with Crippen LogP contribution in [-0.4, -0.2) is 55.2 Å². The molecule has 1 unspecified atom stereocenters. The summed E-state index contributed by atoms with van der Waals surface area (Å²) in [7, 11) is 1.21. The average Bonchev–Trinajstić information content (AvgIpc) is 2.67. The number of rotatable bonds is 4. The molecule has 150 valence electrons. The van der Waals surface area contributed by atoms with Crippen molar-refractivity contribution in [2.24, 2.45) is 0 Å². The normalized spacial score (nSPS) is 18.1. The second-order valence-electron chi connectivity index (χ2n) is 6.19. The van der Waals surface area contributed by atoms with Crippen LogP contribution in [0.1, 0.15) is 12.8 Å². The van der Waals surface area contributed by atoms with Crippen molar-refractivity contribution >= 4 is 23.2 Å². The van der Waals surface area contributed by atoms with Gasteiger partial charge in [0.05, 0.1) is 30.8 Å². The third kappa shape index (κ3) is 5.59. The molecule has 27 heavy (non-hydrogen) atoms. The zero-order valence-corrected chi connectivity index (χ0v) is 14.2. The monoisotopic (exact) mass is 397 g/mol. The van der Waals surface area contributed by atoms with Crippen LogP contribution in [-0.2, 0) is 9.59 Å². The SMILES string of the molecule is CN(CCC(F)(F)F)CC(=O)N1c2ccccc2NC(=O)CC1C(F)(F)F. The molecule has 0 bridgehead atoms. The zero-order chi connectivity index (χ0) is 20.4. The highest BCUT2D eigenvalue weighted by Gasteiger charge is 2.49. The molecule has 2 amide bonds. The van der Waals surface area contributed by atoms with E-state index in [9.17, 15) is 35.9 Å². The Bertz CT molecular complexity index is 704. The number of amides is 2. The van der Waals surface area contributed by atoms with Gasteiger partial charge in [0.25, 0.3) is 0 Å². The van der Waals surface area contributed by atoms with Gasteiger partial charge in [-0.25, -0.2) is 0 Å². The molecule has 2 rings (SSSR count). The standard InChI is InChI=1S/C16H17F6N3O2/c1-24(7-6-15(17,18)19)9-14(27)25-11-5-3-2-4-10(11)23-13(26)8-12(25)16(20,21)22/h2-5,12H,6-9H2,1H3,(H,23,26). The van der Waals surface area contributed by atoms with E-state index in [-0.39, 0.29) is 11.4 Å². The van der Waals surface area contributed by atoms with Crippen molar-refractivity contribution in [3.8, 4) is 0 Å². The van der Waals surface area contributed by atoms with E-state index in [1.54, 1.807) is 0 Å². The maximum absolute atomic E-state index is 13.5. The zero-order valence-electron chi connectivity index (χ0n) is 14.2. The average molecular weight is 397 g/mol. The second kappa shape index (κ2) is 7.75. The first kappa shape index (κ1) is 21.0. The van der Waals surface area contributed by atoms with E-state index < -0.39 is 56.1 Å². The van der Waals surface area contributed by atoms with E-state index in [0.29, 0.717) is 4.90 Å². The van der Waals surface area contributed by atoms with Crippen molar-refractivity contribution in [2.45, 2.75) is 31.2 Å².